The van der Waals surface area contributed by atoms with E-state index in [0.29, 0.717) is 11.1 Å². The van der Waals surface area contributed by atoms with Gasteiger partial charge in [-0.05, 0) is 25.1 Å². The number of pyridine rings is 1. The van der Waals surface area contributed by atoms with Crippen LogP contribution in [0.4, 0.5) is 4.39 Å². The van der Waals surface area contributed by atoms with Crippen LogP contribution in [0.5, 0.6) is 5.75 Å². The number of phenolic OH excluding ortho intramolecular Hbond substituents is 1. The maximum Gasteiger partial charge on any atom is 0.255 e. The molecule has 0 bridgehead atoms. The number of benzene rings is 1. The lowest BCUT2D eigenvalue weighted by atomic mass is 10.1. The molecule has 0 saturated carbocycles. The molecule has 1 aromatic carbocycles. The highest BCUT2D eigenvalue weighted by atomic mass is 19.1. The Hall–Kier alpha value is -2.43. The summed E-state index contributed by atoms with van der Waals surface area (Å²) in [6.45, 7) is 1.81. The summed E-state index contributed by atoms with van der Waals surface area (Å²) in [6.07, 6.45) is 1.20. The molecule has 1 atom stereocenters. The van der Waals surface area contributed by atoms with E-state index in [9.17, 15) is 14.3 Å². The van der Waals surface area contributed by atoms with Gasteiger partial charge in [-0.3, -0.25) is 4.79 Å². The van der Waals surface area contributed by atoms with E-state index >= 15 is 0 Å². The van der Waals surface area contributed by atoms with Gasteiger partial charge in [0.15, 0.2) is 0 Å². The molecule has 0 spiro atoms. The lowest BCUT2D eigenvalue weighted by Gasteiger charge is -2.25. The topological polar surface area (TPSA) is 53.4 Å². The van der Waals surface area contributed by atoms with Crippen LogP contribution in [0, 0.1) is 5.95 Å². The van der Waals surface area contributed by atoms with Crippen molar-refractivity contribution in [3.05, 3.63) is 59.7 Å². The fourth-order valence-electron chi connectivity index (χ4n) is 1.93. The molecule has 1 unspecified atom stereocenters. The zero-order valence-electron chi connectivity index (χ0n) is 11.2. The van der Waals surface area contributed by atoms with Gasteiger partial charge in [0.05, 0.1) is 11.6 Å². The van der Waals surface area contributed by atoms with E-state index in [1.807, 2.05) is 6.92 Å². The summed E-state index contributed by atoms with van der Waals surface area (Å²) in [5.41, 5.74) is 0.953. The lowest BCUT2D eigenvalue weighted by molar-refractivity contribution is 0.0741. The number of carbonyl (C=O) groups is 1. The Kier molecular flexibility index (Phi) is 3.98. The van der Waals surface area contributed by atoms with E-state index in [1.165, 1.54) is 17.2 Å². The van der Waals surface area contributed by atoms with Gasteiger partial charge in [0.2, 0.25) is 5.95 Å². The number of hydrogen-bond donors (Lipinski definition) is 1. The van der Waals surface area contributed by atoms with Crippen molar-refractivity contribution in [2.45, 2.75) is 13.0 Å². The highest BCUT2D eigenvalue weighted by molar-refractivity contribution is 5.94. The molecule has 0 saturated heterocycles. The van der Waals surface area contributed by atoms with E-state index < -0.39 is 5.95 Å². The monoisotopic (exact) mass is 274 g/mol. The number of amides is 1. The zero-order chi connectivity index (χ0) is 14.7. The zero-order valence-corrected chi connectivity index (χ0v) is 11.2. The average Bonchev–Trinajstić information content (AvgIpc) is 2.46. The second-order valence-corrected chi connectivity index (χ2v) is 4.52. The molecular formula is C15H15FN2O2. The van der Waals surface area contributed by atoms with E-state index in [4.69, 9.17) is 0 Å². The number of hydrogen-bond acceptors (Lipinski definition) is 3. The quantitative estimate of drug-likeness (QED) is 0.876. The van der Waals surface area contributed by atoms with Crippen molar-refractivity contribution in [3.8, 4) is 5.75 Å². The molecule has 1 amide bonds. The van der Waals surface area contributed by atoms with Crippen LogP contribution in [-0.2, 0) is 0 Å². The van der Waals surface area contributed by atoms with Crippen molar-refractivity contribution in [1.82, 2.24) is 9.88 Å². The number of para-hydroxylation sites is 1. The number of aromatic hydroxyl groups is 1. The summed E-state index contributed by atoms with van der Waals surface area (Å²) in [5.74, 6) is -0.775. The van der Waals surface area contributed by atoms with Crippen LogP contribution < -0.4 is 0 Å². The summed E-state index contributed by atoms with van der Waals surface area (Å²) >= 11 is 0. The summed E-state index contributed by atoms with van der Waals surface area (Å²) in [5, 5.41) is 9.82. The first-order valence-corrected chi connectivity index (χ1v) is 6.17. The van der Waals surface area contributed by atoms with Crippen LogP contribution in [0.1, 0.15) is 28.9 Å². The number of carbonyl (C=O) groups excluding carboxylic acids is 1. The van der Waals surface area contributed by atoms with Crippen molar-refractivity contribution in [3.63, 3.8) is 0 Å². The first-order valence-electron chi connectivity index (χ1n) is 6.17. The van der Waals surface area contributed by atoms with Crippen LogP contribution in [0.25, 0.3) is 0 Å². The minimum Gasteiger partial charge on any atom is -0.508 e. The minimum absolute atomic E-state index is 0.136. The molecule has 1 aromatic heterocycles. The van der Waals surface area contributed by atoms with E-state index in [-0.39, 0.29) is 17.7 Å². The molecule has 2 rings (SSSR count). The van der Waals surface area contributed by atoms with Gasteiger partial charge in [-0.2, -0.15) is 4.39 Å². The second kappa shape index (κ2) is 5.69. The molecule has 20 heavy (non-hydrogen) atoms. The van der Waals surface area contributed by atoms with Crippen molar-refractivity contribution in [2.24, 2.45) is 0 Å². The third-order valence-corrected chi connectivity index (χ3v) is 3.26. The maximum absolute atomic E-state index is 12.8. The Morgan fingerprint density at radius 2 is 2.00 bits per heavy atom. The Morgan fingerprint density at radius 1 is 1.30 bits per heavy atom. The molecular weight excluding hydrogens is 259 g/mol. The average molecular weight is 274 g/mol. The predicted molar refractivity (Wildman–Crippen MR) is 72.8 cm³/mol. The molecule has 0 fully saturated rings. The fraction of sp³-hybridized carbons (Fsp3) is 0.200. The van der Waals surface area contributed by atoms with Crippen LogP contribution >= 0.6 is 0 Å². The fourth-order valence-corrected chi connectivity index (χ4v) is 1.93. The molecule has 0 aliphatic rings. The SMILES string of the molecule is CC(c1ccccc1O)N(C)C(=O)c1ccc(F)nc1. The van der Waals surface area contributed by atoms with Crippen molar-refractivity contribution < 1.29 is 14.3 Å². The third-order valence-electron chi connectivity index (χ3n) is 3.26. The van der Waals surface area contributed by atoms with Crippen molar-refractivity contribution >= 4 is 5.91 Å². The number of halogens is 1. The number of phenols is 1. The molecule has 0 aliphatic heterocycles. The molecule has 104 valence electrons. The number of rotatable bonds is 3. The normalized spacial score (nSPS) is 11.9. The van der Waals surface area contributed by atoms with Crippen molar-refractivity contribution in [2.75, 3.05) is 7.05 Å². The molecule has 0 radical (unpaired) electrons. The third kappa shape index (κ3) is 2.77. The van der Waals surface area contributed by atoms with Gasteiger partial charge in [0.1, 0.15) is 5.75 Å². The molecule has 2 aromatic rings. The van der Waals surface area contributed by atoms with Gasteiger partial charge in [0, 0.05) is 18.8 Å². The van der Waals surface area contributed by atoms with Gasteiger partial charge < -0.3 is 10.0 Å². The van der Waals surface area contributed by atoms with Gasteiger partial charge in [-0.1, -0.05) is 18.2 Å². The van der Waals surface area contributed by atoms with Crippen LogP contribution in [0.3, 0.4) is 0 Å². The Labute approximate surface area is 116 Å². The summed E-state index contributed by atoms with van der Waals surface area (Å²) in [7, 11) is 1.63. The first kappa shape index (κ1) is 14.0. The summed E-state index contributed by atoms with van der Waals surface area (Å²) in [6, 6.07) is 9.06. The lowest BCUT2D eigenvalue weighted by Crippen LogP contribution is -2.29. The van der Waals surface area contributed by atoms with E-state index in [1.54, 1.807) is 31.3 Å². The summed E-state index contributed by atoms with van der Waals surface area (Å²) < 4.78 is 12.8. The van der Waals surface area contributed by atoms with Crippen LogP contribution in [0.15, 0.2) is 42.6 Å². The van der Waals surface area contributed by atoms with Gasteiger partial charge in [-0.15, -0.1) is 0 Å². The molecule has 4 nitrogen and oxygen atoms in total. The van der Waals surface area contributed by atoms with Gasteiger partial charge in [0.25, 0.3) is 5.91 Å². The Bertz CT molecular complexity index is 614. The molecule has 1 N–H and O–H groups in total. The maximum atomic E-state index is 12.8. The van der Waals surface area contributed by atoms with Crippen LogP contribution in [0.2, 0.25) is 0 Å². The van der Waals surface area contributed by atoms with Gasteiger partial charge in [-0.25, -0.2) is 4.98 Å². The van der Waals surface area contributed by atoms with E-state index in [0.717, 1.165) is 6.07 Å². The highest BCUT2D eigenvalue weighted by Crippen LogP contribution is 2.27. The standard InChI is InChI=1S/C15H15FN2O2/c1-10(12-5-3-4-6-13(12)19)18(2)15(20)11-7-8-14(16)17-9-11/h3-10,19H,1-2H3. The molecule has 0 aliphatic carbocycles. The molecule has 1 heterocycles. The van der Waals surface area contributed by atoms with Gasteiger partial charge >= 0.3 is 0 Å². The van der Waals surface area contributed by atoms with Crippen molar-refractivity contribution in [1.29, 1.82) is 0 Å². The predicted octanol–water partition coefficient (Wildman–Crippen LogP) is 2.76. The van der Waals surface area contributed by atoms with Crippen LogP contribution in [-0.4, -0.2) is 27.9 Å². The number of nitrogens with zero attached hydrogens (tertiary/aromatic N) is 2. The second-order valence-electron chi connectivity index (χ2n) is 4.52. The number of aromatic nitrogens is 1. The largest absolute Gasteiger partial charge is 0.508 e. The first-order chi connectivity index (χ1) is 9.50. The Balaban J connectivity index is 2.22. The highest BCUT2D eigenvalue weighted by Gasteiger charge is 2.21. The minimum atomic E-state index is -0.627. The Morgan fingerprint density at radius 3 is 2.60 bits per heavy atom. The summed E-state index contributed by atoms with van der Waals surface area (Å²) in [4.78, 5) is 17.2. The van der Waals surface area contributed by atoms with E-state index in [2.05, 4.69) is 4.98 Å². The molecule has 5 heteroatoms. The smallest absolute Gasteiger partial charge is 0.255 e.